The summed E-state index contributed by atoms with van der Waals surface area (Å²) in [5, 5.41) is 4.37. The molecule has 1 heterocycles. The molecule has 0 fully saturated rings. The fraction of sp³-hybridized carbons (Fsp3) is 0.333. The summed E-state index contributed by atoms with van der Waals surface area (Å²) in [6, 6.07) is 14.0. The van der Waals surface area contributed by atoms with Gasteiger partial charge in [0.25, 0.3) is 0 Å². The molecular formula is C18H24NSSi+. The second kappa shape index (κ2) is 4.92. The fourth-order valence-corrected chi connectivity index (χ4v) is 4.77. The minimum Gasteiger partial charge on any atom is -0.344 e. The number of aromatic nitrogens is 1. The number of benzene rings is 2. The molecule has 0 radical (unpaired) electrons. The van der Waals surface area contributed by atoms with E-state index in [0.717, 1.165) is 0 Å². The van der Waals surface area contributed by atoms with Gasteiger partial charge in [0.15, 0.2) is 4.90 Å². The number of rotatable bonds is 2. The highest BCUT2D eigenvalue weighted by molar-refractivity contribution is 7.95. The Labute approximate surface area is 131 Å². The van der Waals surface area contributed by atoms with Crippen LogP contribution in [0.2, 0.25) is 19.6 Å². The minimum absolute atomic E-state index is 0.308. The van der Waals surface area contributed by atoms with Crippen molar-refractivity contribution in [3.63, 3.8) is 0 Å². The summed E-state index contributed by atoms with van der Waals surface area (Å²) >= 11 is 0. The van der Waals surface area contributed by atoms with E-state index in [1.807, 2.05) is 0 Å². The van der Waals surface area contributed by atoms with Crippen molar-refractivity contribution in [2.75, 3.05) is 12.5 Å². The highest BCUT2D eigenvalue weighted by atomic mass is 32.2. The molecule has 2 aromatic carbocycles. The minimum atomic E-state index is -1.27. The van der Waals surface area contributed by atoms with Gasteiger partial charge in [0.05, 0.1) is 8.07 Å². The van der Waals surface area contributed by atoms with Gasteiger partial charge < -0.3 is 4.57 Å². The van der Waals surface area contributed by atoms with Crippen LogP contribution in [0.5, 0.6) is 0 Å². The molecule has 0 spiro atoms. The van der Waals surface area contributed by atoms with Crippen LogP contribution < -0.4 is 5.19 Å². The molecule has 1 aromatic heterocycles. The number of hydrogen-bond acceptors (Lipinski definition) is 0. The number of aryl methyl sites for hydroxylation is 1. The van der Waals surface area contributed by atoms with Crippen molar-refractivity contribution >= 4 is 46.0 Å². The molecule has 21 heavy (non-hydrogen) atoms. The van der Waals surface area contributed by atoms with Crippen molar-refractivity contribution in [2.45, 2.75) is 24.5 Å². The predicted molar refractivity (Wildman–Crippen MR) is 101 cm³/mol. The second-order valence-corrected chi connectivity index (χ2v) is 14.2. The maximum absolute atomic E-state index is 2.44. The molecule has 0 aliphatic carbocycles. The first kappa shape index (κ1) is 14.7. The Kier molecular flexibility index (Phi) is 3.45. The van der Waals surface area contributed by atoms with Crippen molar-refractivity contribution in [2.24, 2.45) is 7.05 Å². The fourth-order valence-electron chi connectivity index (χ4n) is 2.92. The zero-order valence-corrected chi connectivity index (χ0v) is 15.6. The van der Waals surface area contributed by atoms with E-state index in [1.165, 1.54) is 26.7 Å². The average Bonchev–Trinajstić information content (AvgIpc) is 2.70. The van der Waals surface area contributed by atoms with Crippen LogP contribution >= 0.6 is 0 Å². The van der Waals surface area contributed by atoms with Crippen LogP contribution in [-0.4, -0.2) is 25.2 Å². The third-order valence-electron chi connectivity index (χ3n) is 4.31. The Balaban J connectivity index is 2.38. The van der Waals surface area contributed by atoms with E-state index in [9.17, 15) is 0 Å². The van der Waals surface area contributed by atoms with Gasteiger partial charge in [-0.2, -0.15) is 0 Å². The van der Waals surface area contributed by atoms with Crippen LogP contribution in [0.25, 0.3) is 21.8 Å². The molecule has 1 nitrogen and oxygen atoms in total. The molecule has 0 unspecified atom stereocenters. The van der Waals surface area contributed by atoms with E-state index in [4.69, 9.17) is 0 Å². The highest BCUT2D eigenvalue weighted by Crippen LogP contribution is 2.30. The Hall–Kier alpha value is -1.19. The number of hydrogen-bond donors (Lipinski definition) is 0. The standard InChI is InChI=1S/C18H24NSSi/c1-19-17-9-7-13(20(2)3)11-15(17)16-12-14(21(4,5)6)8-10-18(16)19/h7-12H,1-6H3/q+1. The summed E-state index contributed by atoms with van der Waals surface area (Å²) in [7, 11) is 1.21. The summed E-state index contributed by atoms with van der Waals surface area (Å²) in [4.78, 5) is 1.45. The summed E-state index contributed by atoms with van der Waals surface area (Å²) in [6.07, 6.45) is 4.58. The van der Waals surface area contributed by atoms with E-state index in [2.05, 4.69) is 80.2 Å². The van der Waals surface area contributed by atoms with E-state index in [-0.39, 0.29) is 0 Å². The lowest BCUT2D eigenvalue weighted by atomic mass is 10.1. The topological polar surface area (TPSA) is 4.93 Å². The van der Waals surface area contributed by atoms with Crippen LogP contribution in [-0.2, 0) is 17.9 Å². The van der Waals surface area contributed by atoms with Crippen LogP contribution in [0.4, 0.5) is 0 Å². The van der Waals surface area contributed by atoms with Gasteiger partial charge in [-0.3, -0.25) is 0 Å². The van der Waals surface area contributed by atoms with Crippen LogP contribution in [0.15, 0.2) is 41.3 Å². The zero-order chi connectivity index (χ0) is 15.4. The lowest BCUT2D eigenvalue weighted by Gasteiger charge is -2.16. The van der Waals surface area contributed by atoms with Crippen molar-refractivity contribution in [1.82, 2.24) is 4.57 Å². The molecule has 110 valence electrons. The summed E-state index contributed by atoms with van der Waals surface area (Å²) in [5.41, 5.74) is 2.68. The molecule has 0 saturated heterocycles. The predicted octanol–water partition coefficient (Wildman–Crippen LogP) is 4.11. The zero-order valence-electron chi connectivity index (χ0n) is 13.8. The molecule has 3 heteroatoms. The first-order valence-corrected chi connectivity index (χ1v) is 12.9. The van der Waals surface area contributed by atoms with Gasteiger partial charge in [-0.05, 0) is 18.2 Å². The number of nitrogens with zero attached hydrogens (tertiary/aromatic N) is 1. The maximum Gasteiger partial charge on any atom is 0.155 e. The average molecular weight is 315 g/mol. The Morgan fingerprint density at radius 1 is 0.857 bits per heavy atom. The van der Waals surface area contributed by atoms with Gasteiger partial charge >= 0.3 is 0 Å². The van der Waals surface area contributed by atoms with E-state index < -0.39 is 8.07 Å². The first-order valence-electron chi connectivity index (χ1n) is 7.39. The molecule has 0 saturated carbocycles. The molecule has 0 aliphatic rings. The highest BCUT2D eigenvalue weighted by Gasteiger charge is 2.19. The number of fused-ring (bicyclic) bond motifs is 3. The lowest BCUT2D eigenvalue weighted by Crippen LogP contribution is -2.37. The van der Waals surface area contributed by atoms with Crippen molar-refractivity contribution < 1.29 is 0 Å². The molecule has 0 atom stereocenters. The Bertz CT molecular complexity index is 824. The lowest BCUT2D eigenvalue weighted by molar-refractivity contribution is 1.01. The largest absolute Gasteiger partial charge is 0.344 e. The summed E-state index contributed by atoms with van der Waals surface area (Å²) < 4.78 is 2.33. The van der Waals surface area contributed by atoms with Gasteiger partial charge in [0, 0.05) is 45.8 Å². The van der Waals surface area contributed by atoms with Crippen molar-refractivity contribution in [3.05, 3.63) is 36.4 Å². The molecule has 0 aliphatic heterocycles. The van der Waals surface area contributed by atoms with E-state index in [0.29, 0.717) is 10.9 Å². The molecule has 3 rings (SSSR count). The van der Waals surface area contributed by atoms with Gasteiger partial charge in [-0.1, -0.05) is 37.0 Å². The summed E-state index contributed by atoms with van der Waals surface area (Å²) in [5.74, 6) is 0. The molecular weight excluding hydrogens is 290 g/mol. The van der Waals surface area contributed by atoms with E-state index >= 15 is 0 Å². The smallest absolute Gasteiger partial charge is 0.155 e. The molecule has 0 amide bonds. The molecule has 0 N–H and O–H groups in total. The normalized spacial score (nSPS) is 12.7. The van der Waals surface area contributed by atoms with Crippen molar-refractivity contribution in [1.29, 1.82) is 0 Å². The SMILES string of the molecule is Cn1c2ccc([S+](C)C)cc2c2cc([Si](C)(C)C)ccc21. The monoisotopic (exact) mass is 314 g/mol. The van der Waals surface area contributed by atoms with Gasteiger partial charge in [0.2, 0.25) is 0 Å². The van der Waals surface area contributed by atoms with Gasteiger partial charge in [0.1, 0.15) is 12.5 Å². The van der Waals surface area contributed by atoms with Crippen LogP contribution in [0, 0.1) is 0 Å². The Morgan fingerprint density at radius 3 is 2.00 bits per heavy atom. The maximum atomic E-state index is 2.44. The second-order valence-electron chi connectivity index (χ2n) is 7.04. The quantitative estimate of drug-likeness (QED) is 0.495. The Morgan fingerprint density at radius 2 is 1.43 bits per heavy atom. The van der Waals surface area contributed by atoms with Gasteiger partial charge in [-0.15, -0.1) is 0 Å². The molecule has 0 bridgehead atoms. The molecule has 3 aromatic rings. The van der Waals surface area contributed by atoms with Gasteiger partial charge in [-0.25, -0.2) is 0 Å². The van der Waals surface area contributed by atoms with E-state index in [1.54, 1.807) is 5.19 Å². The first-order chi connectivity index (χ1) is 9.79. The van der Waals surface area contributed by atoms with Crippen LogP contribution in [0.3, 0.4) is 0 Å². The summed E-state index contributed by atoms with van der Waals surface area (Å²) in [6.45, 7) is 7.25. The van der Waals surface area contributed by atoms with Crippen molar-refractivity contribution in [3.8, 4) is 0 Å². The third-order valence-corrected chi connectivity index (χ3v) is 7.55. The van der Waals surface area contributed by atoms with Crippen LogP contribution in [0.1, 0.15) is 0 Å². The third kappa shape index (κ3) is 2.42.